The number of rotatable bonds is 4. The molecule has 2 aliphatic heterocycles. The maximum Gasteiger partial charge on any atom is 0.573 e. The van der Waals surface area contributed by atoms with Gasteiger partial charge in [-0.1, -0.05) is 6.07 Å². The van der Waals surface area contributed by atoms with Gasteiger partial charge in [-0.15, -0.1) is 13.2 Å². The lowest BCUT2D eigenvalue weighted by atomic mass is 9.98. The Hall–Kier alpha value is -2.78. The number of carbonyl (C=O) groups is 3. The summed E-state index contributed by atoms with van der Waals surface area (Å²) in [5.41, 5.74) is 0.0665. The van der Waals surface area contributed by atoms with Crippen LogP contribution in [0.2, 0.25) is 0 Å². The van der Waals surface area contributed by atoms with E-state index in [4.69, 9.17) is 0 Å². The fourth-order valence-electron chi connectivity index (χ4n) is 2.68. The van der Waals surface area contributed by atoms with Crippen LogP contribution >= 0.6 is 0 Å². The molecule has 2 fully saturated rings. The molecule has 0 spiro atoms. The standard InChI is InChI=1S/C15H13F3N2O5/c16-15(17,18)25-11-3-1-2-10(4-11)13(22)19-5-9(6-19)7-20-12(21)8-24-14(20)23/h1-4,9H,5-8H2. The Morgan fingerprint density at radius 2 is 2.00 bits per heavy atom. The molecule has 0 aliphatic carbocycles. The van der Waals surface area contributed by atoms with E-state index in [1.165, 1.54) is 17.0 Å². The minimum absolute atomic E-state index is 0.0665. The second kappa shape index (κ2) is 6.26. The number of ether oxygens (including phenoxy) is 2. The highest BCUT2D eigenvalue weighted by Crippen LogP contribution is 2.26. The van der Waals surface area contributed by atoms with Crippen LogP contribution in [0.4, 0.5) is 18.0 Å². The molecule has 1 aromatic carbocycles. The smallest absolute Gasteiger partial charge is 0.439 e. The average molecular weight is 358 g/mol. The zero-order valence-electron chi connectivity index (χ0n) is 12.8. The Balaban J connectivity index is 1.56. The topological polar surface area (TPSA) is 76.2 Å². The van der Waals surface area contributed by atoms with E-state index >= 15 is 0 Å². The predicted molar refractivity (Wildman–Crippen MR) is 75.6 cm³/mol. The zero-order chi connectivity index (χ0) is 18.2. The normalized spacial score (nSPS) is 18.2. The minimum Gasteiger partial charge on any atom is -0.439 e. The predicted octanol–water partition coefficient (Wildman–Crippen LogP) is 1.64. The first-order valence-corrected chi connectivity index (χ1v) is 7.35. The van der Waals surface area contributed by atoms with Crippen molar-refractivity contribution < 1.29 is 37.0 Å². The van der Waals surface area contributed by atoms with Gasteiger partial charge in [-0.2, -0.15) is 0 Å². The lowest BCUT2D eigenvalue weighted by Crippen LogP contribution is -2.54. The monoisotopic (exact) mass is 358 g/mol. The molecule has 3 rings (SSSR count). The fraction of sp³-hybridized carbons (Fsp3) is 0.400. The van der Waals surface area contributed by atoms with Crippen molar-refractivity contribution in [2.45, 2.75) is 6.36 Å². The Kier molecular flexibility index (Phi) is 4.27. The van der Waals surface area contributed by atoms with Gasteiger partial charge in [0.2, 0.25) is 0 Å². The molecule has 0 aromatic heterocycles. The first-order chi connectivity index (χ1) is 11.7. The number of halogens is 3. The van der Waals surface area contributed by atoms with E-state index in [2.05, 4.69) is 9.47 Å². The number of alkyl halides is 3. The van der Waals surface area contributed by atoms with Crippen LogP contribution in [0.1, 0.15) is 10.4 Å². The van der Waals surface area contributed by atoms with E-state index in [0.717, 1.165) is 17.0 Å². The highest BCUT2D eigenvalue weighted by Gasteiger charge is 2.38. The van der Waals surface area contributed by atoms with Gasteiger partial charge in [0, 0.05) is 31.1 Å². The molecule has 0 N–H and O–H groups in total. The van der Waals surface area contributed by atoms with Crippen LogP contribution in [0.5, 0.6) is 5.75 Å². The summed E-state index contributed by atoms with van der Waals surface area (Å²) in [7, 11) is 0. The Morgan fingerprint density at radius 3 is 2.60 bits per heavy atom. The van der Waals surface area contributed by atoms with Crippen molar-refractivity contribution >= 4 is 17.9 Å². The van der Waals surface area contributed by atoms with Crippen molar-refractivity contribution in [3.8, 4) is 5.75 Å². The quantitative estimate of drug-likeness (QED) is 0.818. The molecule has 10 heteroatoms. The van der Waals surface area contributed by atoms with Gasteiger partial charge in [0.25, 0.3) is 11.8 Å². The third-order valence-corrected chi connectivity index (χ3v) is 3.84. The van der Waals surface area contributed by atoms with Gasteiger partial charge in [-0.3, -0.25) is 9.59 Å². The van der Waals surface area contributed by atoms with E-state index in [0.29, 0.717) is 13.1 Å². The number of carbonyl (C=O) groups excluding carboxylic acids is 3. The molecule has 0 bridgehead atoms. The van der Waals surface area contributed by atoms with E-state index < -0.39 is 30.0 Å². The highest BCUT2D eigenvalue weighted by atomic mass is 19.4. The summed E-state index contributed by atoms with van der Waals surface area (Å²) >= 11 is 0. The lowest BCUT2D eigenvalue weighted by molar-refractivity contribution is -0.274. The SMILES string of the molecule is O=C(c1cccc(OC(F)(F)F)c1)N1CC(CN2C(=O)COC2=O)C1. The molecule has 0 saturated carbocycles. The first kappa shape index (κ1) is 17.1. The molecule has 2 aliphatic rings. The summed E-state index contributed by atoms with van der Waals surface area (Å²) < 4.78 is 45.1. The lowest BCUT2D eigenvalue weighted by Gasteiger charge is -2.40. The third kappa shape index (κ3) is 3.83. The van der Waals surface area contributed by atoms with Gasteiger partial charge in [0.15, 0.2) is 6.61 Å². The van der Waals surface area contributed by atoms with Gasteiger partial charge < -0.3 is 14.4 Å². The number of likely N-dealkylation sites (tertiary alicyclic amines) is 1. The summed E-state index contributed by atoms with van der Waals surface area (Å²) in [6.45, 7) is 0.458. The average Bonchev–Trinajstić information content (AvgIpc) is 2.79. The van der Waals surface area contributed by atoms with Crippen LogP contribution < -0.4 is 4.74 Å². The van der Waals surface area contributed by atoms with Crippen molar-refractivity contribution in [2.24, 2.45) is 5.92 Å². The number of cyclic esters (lactones) is 1. The van der Waals surface area contributed by atoms with E-state index in [-0.39, 0.29) is 24.6 Å². The molecular formula is C15H13F3N2O5. The van der Waals surface area contributed by atoms with Crippen molar-refractivity contribution in [3.05, 3.63) is 29.8 Å². The molecule has 0 radical (unpaired) electrons. The maximum absolute atomic E-state index is 12.3. The molecule has 134 valence electrons. The van der Waals surface area contributed by atoms with Crippen LogP contribution in [0.15, 0.2) is 24.3 Å². The maximum atomic E-state index is 12.3. The number of amides is 3. The van der Waals surface area contributed by atoms with Crippen molar-refractivity contribution in [2.75, 3.05) is 26.2 Å². The molecule has 2 heterocycles. The molecule has 3 amide bonds. The summed E-state index contributed by atoms with van der Waals surface area (Å²) in [6, 6.07) is 4.81. The molecule has 0 atom stereocenters. The fourth-order valence-corrected chi connectivity index (χ4v) is 2.68. The van der Waals surface area contributed by atoms with Gasteiger partial charge in [0.1, 0.15) is 5.75 Å². The first-order valence-electron chi connectivity index (χ1n) is 7.35. The van der Waals surface area contributed by atoms with E-state index in [1.807, 2.05) is 0 Å². The Morgan fingerprint density at radius 1 is 1.28 bits per heavy atom. The van der Waals surface area contributed by atoms with Crippen LogP contribution in [-0.4, -0.2) is 60.3 Å². The second-order valence-corrected chi connectivity index (χ2v) is 5.71. The Bertz CT molecular complexity index is 699. The number of nitrogens with zero attached hydrogens (tertiary/aromatic N) is 2. The number of benzene rings is 1. The largest absolute Gasteiger partial charge is 0.573 e. The number of hydrogen-bond acceptors (Lipinski definition) is 5. The van der Waals surface area contributed by atoms with Crippen LogP contribution in [-0.2, 0) is 9.53 Å². The van der Waals surface area contributed by atoms with Crippen LogP contribution in [0, 0.1) is 5.92 Å². The highest BCUT2D eigenvalue weighted by molar-refractivity contribution is 5.98. The Labute approximate surface area is 139 Å². The summed E-state index contributed by atoms with van der Waals surface area (Å²) in [4.78, 5) is 37.5. The molecule has 2 saturated heterocycles. The molecular weight excluding hydrogens is 345 g/mol. The van der Waals surface area contributed by atoms with E-state index in [1.54, 1.807) is 0 Å². The second-order valence-electron chi connectivity index (χ2n) is 5.71. The van der Waals surface area contributed by atoms with Gasteiger partial charge in [-0.25, -0.2) is 9.69 Å². The molecule has 1 aromatic rings. The third-order valence-electron chi connectivity index (χ3n) is 3.84. The molecule has 7 nitrogen and oxygen atoms in total. The van der Waals surface area contributed by atoms with Crippen molar-refractivity contribution in [1.82, 2.24) is 9.80 Å². The number of hydrogen-bond donors (Lipinski definition) is 0. The molecule has 25 heavy (non-hydrogen) atoms. The van der Waals surface area contributed by atoms with Gasteiger partial charge in [0.05, 0.1) is 0 Å². The summed E-state index contributed by atoms with van der Waals surface area (Å²) in [6.07, 6.45) is -5.53. The summed E-state index contributed by atoms with van der Waals surface area (Å²) in [5, 5.41) is 0. The zero-order valence-corrected chi connectivity index (χ0v) is 12.8. The summed E-state index contributed by atoms with van der Waals surface area (Å²) in [5.74, 6) is -1.43. The van der Waals surface area contributed by atoms with Crippen molar-refractivity contribution in [1.29, 1.82) is 0 Å². The van der Waals surface area contributed by atoms with Crippen molar-refractivity contribution in [3.63, 3.8) is 0 Å². The van der Waals surface area contributed by atoms with Crippen LogP contribution in [0.25, 0.3) is 0 Å². The van der Waals surface area contributed by atoms with Gasteiger partial charge in [-0.05, 0) is 18.2 Å². The van der Waals surface area contributed by atoms with E-state index in [9.17, 15) is 27.6 Å². The number of imide groups is 1. The molecule has 0 unspecified atom stereocenters. The van der Waals surface area contributed by atoms with Gasteiger partial charge >= 0.3 is 12.5 Å². The minimum atomic E-state index is -4.83. The van der Waals surface area contributed by atoms with Crippen LogP contribution in [0.3, 0.4) is 0 Å².